The Morgan fingerprint density at radius 3 is 2.46 bits per heavy atom. The summed E-state index contributed by atoms with van der Waals surface area (Å²) in [4.78, 5) is 0. The van der Waals surface area contributed by atoms with Crippen molar-refractivity contribution in [1.82, 2.24) is 5.09 Å². The summed E-state index contributed by atoms with van der Waals surface area (Å²) in [6, 6.07) is 0. The first-order valence-electron chi connectivity index (χ1n) is 5.13. The molecule has 0 bridgehead atoms. The van der Waals surface area contributed by atoms with Crippen LogP contribution >= 0.6 is 15.9 Å². The van der Waals surface area contributed by atoms with Gasteiger partial charge in [0.2, 0.25) is 0 Å². The van der Waals surface area contributed by atoms with Crippen molar-refractivity contribution < 1.29 is 0 Å². The second kappa shape index (κ2) is 4.11. The van der Waals surface area contributed by atoms with Gasteiger partial charge in [0.05, 0.1) is 8.02 Å². The fourth-order valence-electron chi connectivity index (χ4n) is 2.22. The molecule has 2 aliphatic rings. The van der Waals surface area contributed by atoms with Crippen molar-refractivity contribution in [2.45, 2.75) is 45.4 Å². The van der Waals surface area contributed by atoms with E-state index < -0.39 is 0 Å². The number of nitrogens with zero attached hydrogens (tertiary/aromatic N) is 1. The molecular formula is C10H16NP2. The molecule has 13 heavy (non-hydrogen) atoms. The van der Waals surface area contributed by atoms with Crippen LogP contribution in [0.2, 0.25) is 0 Å². The van der Waals surface area contributed by atoms with Crippen LogP contribution in [0.5, 0.6) is 0 Å². The lowest BCUT2D eigenvalue weighted by molar-refractivity contribution is 0.360. The van der Waals surface area contributed by atoms with Crippen molar-refractivity contribution in [3.05, 3.63) is 11.5 Å². The third-order valence-electron chi connectivity index (χ3n) is 3.21. The van der Waals surface area contributed by atoms with E-state index in [0.29, 0.717) is 5.41 Å². The van der Waals surface area contributed by atoms with Crippen molar-refractivity contribution in [3.63, 3.8) is 0 Å². The van der Waals surface area contributed by atoms with Crippen molar-refractivity contribution in [2.24, 2.45) is 5.41 Å². The average molecular weight is 212 g/mol. The molecule has 0 saturated heterocycles. The van der Waals surface area contributed by atoms with E-state index in [1.54, 1.807) is 5.31 Å². The third-order valence-corrected chi connectivity index (χ3v) is 5.61. The zero-order valence-electron chi connectivity index (χ0n) is 8.16. The van der Waals surface area contributed by atoms with Gasteiger partial charge in [-0.3, -0.25) is 0 Å². The Kier molecular flexibility index (Phi) is 3.06. The summed E-state index contributed by atoms with van der Waals surface area (Å²) < 4.78 is 0. The van der Waals surface area contributed by atoms with Crippen LogP contribution in [0.3, 0.4) is 0 Å². The van der Waals surface area contributed by atoms with Crippen molar-refractivity contribution in [1.29, 1.82) is 0 Å². The monoisotopic (exact) mass is 212 g/mol. The van der Waals surface area contributed by atoms with Gasteiger partial charge in [0.15, 0.2) is 0 Å². The quantitative estimate of drug-likeness (QED) is 0.448. The zero-order valence-corrected chi connectivity index (χ0v) is 9.95. The molecule has 71 valence electrons. The van der Waals surface area contributed by atoms with E-state index in [1.165, 1.54) is 54.4 Å². The maximum atomic E-state index is 4.31. The molecule has 0 N–H and O–H groups in total. The van der Waals surface area contributed by atoms with Crippen LogP contribution in [0.4, 0.5) is 0 Å². The van der Waals surface area contributed by atoms with Gasteiger partial charge in [-0.1, -0.05) is 32.6 Å². The molecule has 1 aliphatic heterocycles. The van der Waals surface area contributed by atoms with E-state index in [9.17, 15) is 0 Å². The van der Waals surface area contributed by atoms with E-state index in [-0.39, 0.29) is 0 Å². The Hall–Kier alpha value is 0.140. The first-order valence-corrected chi connectivity index (χ1v) is 7.57. The van der Waals surface area contributed by atoms with Crippen LogP contribution in [0.15, 0.2) is 11.5 Å². The lowest BCUT2D eigenvalue weighted by atomic mass is 9.82. The van der Waals surface area contributed by atoms with Crippen LogP contribution in [-0.2, 0) is 0 Å². The Bertz CT molecular complexity index is 237. The molecule has 0 amide bonds. The van der Waals surface area contributed by atoms with E-state index in [2.05, 4.69) is 18.2 Å². The number of rotatable bonds is 1. The highest BCUT2D eigenvalue weighted by Crippen LogP contribution is 2.49. The van der Waals surface area contributed by atoms with Gasteiger partial charge < -0.3 is 0 Å². The lowest BCUT2D eigenvalue weighted by Crippen LogP contribution is -2.15. The summed E-state index contributed by atoms with van der Waals surface area (Å²) in [5.74, 6) is 0. The molecule has 0 atom stereocenters. The average Bonchev–Trinajstić information content (AvgIpc) is 2.57. The molecule has 2 rings (SSSR count). The molecule has 1 aliphatic carbocycles. The second-order valence-electron chi connectivity index (χ2n) is 4.29. The Morgan fingerprint density at radius 2 is 1.92 bits per heavy atom. The summed E-state index contributed by atoms with van der Waals surface area (Å²) in [7, 11) is 2.69. The molecule has 1 fully saturated rings. The van der Waals surface area contributed by atoms with E-state index in [4.69, 9.17) is 0 Å². The minimum Gasteiger partial charge on any atom is -0.230 e. The molecule has 0 aromatic carbocycles. The predicted molar refractivity (Wildman–Crippen MR) is 59.9 cm³/mol. The first-order chi connectivity index (χ1) is 6.31. The van der Waals surface area contributed by atoms with E-state index in [0.717, 1.165) is 0 Å². The van der Waals surface area contributed by atoms with Crippen LogP contribution in [0.1, 0.15) is 45.4 Å². The minimum atomic E-state index is 0.491. The smallest absolute Gasteiger partial charge is 0.0696 e. The normalized spacial score (nSPS) is 28.8. The van der Waals surface area contributed by atoms with Gasteiger partial charge >= 0.3 is 0 Å². The van der Waals surface area contributed by atoms with E-state index in [1.807, 2.05) is 0 Å². The molecule has 1 nitrogen and oxygen atoms in total. The molecule has 0 spiro atoms. The second-order valence-corrected chi connectivity index (χ2v) is 6.52. The topological polar surface area (TPSA) is 14.1 Å². The maximum Gasteiger partial charge on any atom is 0.0696 e. The first kappa shape index (κ1) is 9.69. The standard InChI is InChI=1S/C10H16NP2/c1-10(9-8-11-13-12-9)6-4-2-3-5-7-10/h8H,2-7H2,1H3. The van der Waals surface area contributed by atoms with Crippen molar-refractivity contribution in [2.75, 3.05) is 0 Å². The third kappa shape index (κ3) is 2.14. The van der Waals surface area contributed by atoms with Crippen molar-refractivity contribution >= 4 is 15.9 Å². The van der Waals surface area contributed by atoms with E-state index >= 15 is 0 Å². The van der Waals surface area contributed by atoms with Gasteiger partial charge in [-0.15, -0.1) is 0 Å². The fourth-order valence-corrected chi connectivity index (χ4v) is 4.68. The summed E-state index contributed by atoms with van der Waals surface area (Å²) in [5, 5.41) is 5.91. The van der Waals surface area contributed by atoms with Crippen LogP contribution < -0.4 is 5.09 Å². The van der Waals surface area contributed by atoms with Crippen LogP contribution in [0.25, 0.3) is 0 Å². The van der Waals surface area contributed by atoms with Gasteiger partial charge in [0, 0.05) is 11.5 Å². The molecule has 1 heterocycles. The summed E-state index contributed by atoms with van der Waals surface area (Å²) in [6.07, 6.45) is 10.6. The highest BCUT2D eigenvalue weighted by atomic mass is 31.7. The highest BCUT2D eigenvalue weighted by molar-refractivity contribution is 7.85. The van der Waals surface area contributed by atoms with Gasteiger partial charge in [-0.05, 0) is 26.1 Å². The van der Waals surface area contributed by atoms with Crippen LogP contribution in [0, 0.1) is 5.41 Å². The summed E-state index contributed by atoms with van der Waals surface area (Å²) in [5.41, 5.74) is 0.491. The molecule has 0 aromatic heterocycles. The minimum absolute atomic E-state index is 0.491. The fraction of sp³-hybridized carbons (Fsp3) is 0.800. The molecule has 1 saturated carbocycles. The Balaban J connectivity index is 2.12. The maximum absolute atomic E-state index is 4.31. The molecule has 1 radical (unpaired) electrons. The summed E-state index contributed by atoms with van der Waals surface area (Å²) in [6.45, 7) is 2.44. The molecular weight excluding hydrogens is 196 g/mol. The van der Waals surface area contributed by atoms with Gasteiger partial charge in [-0.25, -0.2) is 5.09 Å². The van der Waals surface area contributed by atoms with Gasteiger partial charge in [-0.2, -0.15) is 0 Å². The summed E-state index contributed by atoms with van der Waals surface area (Å²) >= 11 is 0. The van der Waals surface area contributed by atoms with Gasteiger partial charge in [0.25, 0.3) is 0 Å². The number of hydrogen-bond acceptors (Lipinski definition) is 0. The largest absolute Gasteiger partial charge is 0.230 e. The Labute approximate surface area is 83.8 Å². The molecule has 0 unspecified atom stereocenters. The Morgan fingerprint density at radius 1 is 1.23 bits per heavy atom. The van der Waals surface area contributed by atoms with Crippen LogP contribution in [-0.4, -0.2) is 0 Å². The highest BCUT2D eigenvalue weighted by Gasteiger charge is 2.30. The predicted octanol–water partition coefficient (Wildman–Crippen LogP) is 4.53. The number of hydrogen-bond donors (Lipinski definition) is 0. The van der Waals surface area contributed by atoms with Crippen molar-refractivity contribution in [3.8, 4) is 0 Å². The SMILES string of the molecule is CC1(C2=C[N]P=P2)CCCCCC1. The zero-order chi connectivity index (χ0) is 9.15. The molecule has 0 aromatic rings. The molecule has 3 heteroatoms. The van der Waals surface area contributed by atoms with Gasteiger partial charge in [0.1, 0.15) is 0 Å². The lowest BCUT2D eigenvalue weighted by Gasteiger charge is -2.27. The number of allylic oxidation sites excluding steroid dienone is 1.